The first-order chi connectivity index (χ1) is 8.66. The highest BCUT2D eigenvalue weighted by atomic mass is 127. The fourth-order valence-corrected chi connectivity index (χ4v) is 1.77. The zero-order valence-corrected chi connectivity index (χ0v) is 13.7. The van der Waals surface area contributed by atoms with Crippen molar-refractivity contribution in [3.63, 3.8) is 0 Å². The lowest BCUT2D eigenvalue weighted by atomic mass is 10.1. The topological polar surface area (TPSA) is 7.12 Å². The van der Waals surface area contributed by atoms with Gasteiger partial charge in [-0.05, 0) is 29.8 Å². The summed E-state index contributed by atoms with van der Waals surface area (Å²) >= 11 is 0. The molecule has 19 heavy (non-hydrogen) atoms. The SMILES string of the molecule is CN(C)c1ccc(/C=C\c2cccc[n+]2C)cc1.[I-]. The van der Waals surface area contributed by atoms with Crippen LogP contribution in [0.4, 0.5) is 5.69 Å². The maximum Gasteiger partial charge on any atom is 0.204 e. The van der Waals surface area contributed by atoms with Gasteiger partial charge in [0, 0.05) is 38.0 Å². The number of halogens is 1. The molecule has 1 heterocycles. The molecular formula is C16H19IN2. The van der Waals surface area contributed by atoms with E-state index >= 15 is 0 Å². The van der Waals surface area contributed by atoms with E-state index in [2.05, 4.69) is 85.4 Å². The maximum atomic E-state index is 2.13. The van der Waals surface area contributed by atoms with Gasteiger partial charge >= 0.3 is 0 Å². The average molecular weight is 366 g/mol. The molecular weight excluding hydrogens is 347 g/mol. The molecule has 0 saturated carbocycles. The van der Waals surface area contributed by atoms with E-state index in [1.807, 2.05) is 6.07 Å². The lowest BCUT2D eigenvalue weighted by Crippen LogP contribution is -3.00. The summed E-state index contributed by atoms with van der Waals surface area (Å²) in [7, 11) is 6.15. The first kappa shape index (κ1) is 15.7. The summed E-state index contributed by atoms with van der Waals surface area (Å²) in [5.74, 6) is 0. The van der Waals surface area contributed by atoms with Crippen LogP contribution in [0.2, 0.25) is 0 Å². The normalized spacial score (nSPS) is 10.3. The van der Waals surface area contributed by atoms with Crippen LogP contribution in [0.25, 0.3) is 12.2 Å². The van der Waals surface area contributed by atoms with Crippen molar-refractivity contribution in [1.82, 2.24) is 0 Å². The highest BCUT2D eigenvalue weighted by Gasteiger charge is 1.99. The summed E-state index contributed by atoms with van der Waals surface area (Å²) in [5, 5.41) is 0. The number of nitrogens with zero attached hydrogens (tertiary/aromatic N) is 2. The van der Waals surface area contributed by atoms with E-state index in [4.69, 9.17) is 0 Å². The molecule has 0 aliphatic heterocycles. The Labute approximate surface area is 132 Å². The molecule has 0 radical (unpaired) electrons. The molecule has 100 valence electrons. The third kappa shape index (κ3) is 4.35. The van der Waals surface area contributed by atoms with E-state index < -0.39 is 0 Å². The van der Waals surface area contributed by atoms with Crippen LogP contribution in [0.3, 0.4) is 0 Å². The Morgan fingerprint density at radius 2 is 1.63 bits per heavy atom. The van der Waals surface area contributed by atoms with Crippen molar-refractivity contribution in [2.45, 2.75) is 0 Å². The molecule has 2 rings (SSSR count). The molecule has 2 nitrogen and oxygen atoms in total. The van der Waals surface area contributed by atoms with Crippen LogP contribution in [0.5, 0.6) is 0 Å². The van der Waals surface area contributed by atoms with Gasteiger partial charge in [0.2, 0.25) is 5.69 Å². The van der Waals surface area contributed by atoms with E-state index in [-0.39, 0.29) is 24.0 Å². The molecule has 0 bridgehead atoms. The second-order valence-electron chi connectivity index (χ2n) is 4.56. The quantitative estimate of drug-likeness (QED) is 0.537. The minimum Gasteiger partial charge on any atom is -1.00 e. The van der Waals surface area contributed by atoms with Crippen molar-refractivity contribution in [1.29, 1.82) is 0 Å². The molecule has 1 aromatic carbocycles. The standard InChI is InChI=1S/C16H19N2.HI/c1-17(2)15-10-7-14(8-11-15)9-12-16-6-4-5-13-18(16)3;/h4-13H,1-3H3;1H/q+1;/p-1. The van der Waals surface area contributed by atoms with E-state index in [1.54, 1.807) is 0 Å². The molecule has 0 fully saturated rings. The van der Waals surface area contributed by atoms with Crippen molar-refractivity contribution in [3.05, 3.63) is 59.9 Å². The fourth-order valence-electron chi connectivity index (χ4n) is 1.77. The van der Waals surface area contributed by atoms with Crippen LogP contribution >= 0.6 is 0 Å². The summed E-state index contributed by atoms with van der Waals surface area (Å²) in [6.07, 6.45) is 6.31. The first-order valence-electron chi connectivity index (χ1n) is 6.07. The van der Waals surface area contributed by atoms with Gasteiger partial charge in [-0.25, -0.2) is 4.57 Å². The van der Waals surface area contributed by atoms with Gasteiger partial charge in [0.1, 0.15) is 7.05 Å². The predicted molar refractivity (Wildman–Crippen MR) is 77.3 cm³/mol. The van der Waals surface area contributed by atoms with Crippen molar-refractivity contribution >= 4 is 17.8 Å². The van der Waals surface area contributed by atoms with Crippen molar-refractivity contribution in [2.75, 3.05) is 19.0 Å². The first-order valence-corrected chi connectivity index (χ1v) is 6.07. The van der Waals surface area contributed by atoms with Gasteiger partial charge in [-0.15, -0.1) is 0 Å². The predicted octanol–water partition coefficient (Wildman–Crippen LogP) is -0.248. The van der Waals surface area contributed by atoms with Crippen LogP contribution in [-0.2, 0) is 7.05 Å². The van der Waals surface area contributed by atoms with Gasteiger partial charge in [-0.3, -0.25) is 0 Å². The van der Waals surface area contributed by atoms with Gasteiger partial charge in [-0.2, -0.15) is 0 Å². The largest absolute Gasteiger partial charge is 1.00 e. The molecule has 0 N–H and O–H groups in total. The van der Waals surface area contributed by atoms with Crippen LogP contribution in [0, 0.1) is 0 Å². The van der Waals surface area contributed by atoms with Crippen LogP contribution in [0.1, 0.15) is 11.3 Å². The smallest absolute Gasteiger partial charge is 0.204 e. The van der Waals surface area contributed by atoms with Crippen molar-refractivity contribution in [2.24, 2.45) is 7.05 Å². The number of pyridine rings is 1. The Morgan fingerprint density at radius 1 is 0.947 bits per heavy atom. The molecule has 0 aliphatic rings. The van der Waals surface area contributed by atoms with E-state index in [0.717, 1.165) is 0 Å². The number of rotatable bonds is 3. The van der Waals surface area contributed by atoms with E-state index in [0.29, 0.717) is 0 Å². The monoisotopic (exact) mass is 366 g/mol. The molecule has 1 aromatic heterocycles. The average Bonchev–Trinajstić information content (AvgIpc) is 2.38. The Hall–Kier alpha value is -1.36. The molecule has 0 amide bonds. The molecule has 0 aliphatic carbocycles. The van der Waals surface area contributed by atoms with Crippen LogP contribution < -0.4 is 33.4 Å². The number of hydrogen-bond donors (Lipinski definition) is 0. The highest BCUT2D eigenvalue weighted by molar-refractivity contribution is 5.68. The van der Waals surface area contributed by atoms with Gasteiger partial charge in [0.25, 0.3) is 0 Å². The number of aromatic nitrogens is 1. The lowest BCUT2D eigenvalue weighted by molar-refractivity contribution is -0.673. The van der Waals surface area contributed by atoms with Crippen LogP contribution in [0.15, 0.2) is 48.7 Å². The third-order valence-corrected chi connectivity index (χ3v) is 2.95. The van der Waals surface area contributed by atoms with Gasteiger partial charge in [0.05, 0.1) is 0 Å². The van der Waals surface area contributed by atoms with Gasteiger partial charge in [0.15, 0.2) is 6.20 Å². The van der Waals surface area contributed by atoms with Crippen molar-refractivity contribution < 1.29 is 28.5 Å². The number of aryl methyl sites for hydroxylation is 1. The van der Waals surface area contributed by atoms with Crippen LogP contribution in [-0.4, -0.2) is 14.1 Å². The molecule has 0 atom stereocenters. The van der Waals surface area contributed by atoms with Crippen molar-refractivity contribution in [3.8, 4) is 0 Å². The Bertz CT molecular complexity index is 545. The summed E-state index contributed by atoms with van der Waals surface area (Å²) < 4.78 is 2.10. The zero-order chi connectivity index (χ0) is 13.0. The minimum absolute atomic E-state index is 0. The van der Waals surface area contributed by atoms with E-state index in [1.165, 1.54) is 16.9 Å². The molecule has 0 saturated heterocycles. The Morgan fingerprint density at radius 3 is 2.21 bits per heavy atom. The van der Waals surface area contributed by atoms with E-state index in [9.17, 15) is 0 Å². The number of hydrogen-bond acceptors (Lipinski definition) is 1. The summed E-state index contributed by atoms with van der Waals surface area (Å²) in [6.45, 7) is 0. The number of anilines is 1. The fraction of sp³-hybridized carbons (Fsp3) is 0.188. The maximum absolute atomic E-state index is 2.13. The molecule has 0 spiro atoms. The molecule has 2 aromatic rings. The summed E-state index contributed by atoms with van der Waals surface area (Å²) in [5.41, 5.74) is 3.62. The molecule has 0 unspecified atom stereocenters. The minimum atomic E-state index is 0. The zero-order valence-electron chi connectivity index (χ0n) is 11.5. The lowest BCUT2D eigenvalue weighted by Gasteiger charge is -2.11. The highest BCUT2D eigenvalue weighted by Crippen LogP contribution is 2.13. The van der Waals surface area contributed by atoms with Gasteiger partial charge in [-0.1, -0.05) is 12.1 Å². The summed E-state index contributed by atoms with van der Waals surface area (Å²) in [6, 6.07) is 14.7. The molecule has 3 heteroatoms. The number of benzene rings is 1. The Kier molecular flexibility index (Phi) is 6.02. The third-order valence-electron chi connectivity index (χ3n) is 2.95. The second kappa shape index (κ2) is 7.28. The van der Waals surface area contributed by atoms with Gasteiger partial charge < -0.3 is 28.9 Å². The Balaban J connectivity index is 0.00000180. The summed E-state index contributed by atoms with van der Waals surface area (Å²) in [4.78, 5) is 2.10. The second-order valence-corrected chi connectivity index (χ2v) is 4.56.